The maximum absolute atomic E-state index is 12.6. The zero-order valence-corrected chi connectivity index (χ0v) is 14.5. The van der Waals surface area contributed by atoms with Crippen molar-refractivity contribution in [3.05, 3.63) is 36.0 Å². The van der Waals surface area contributed by atoms with Gasteiger partial charge in [0.15, 0.2) is 0 Å². The Morgan fingerprint density at radius 1 is 1.15 bits per heavy atom. The highest BCUT2D eigenvalue weighted by Gasteiger charge is 2.39. The fourth-order valence-electron chi connectivity index (χ4n) is 3.77. The molecule has 1 aromatic heterocycles. The average molecular weight is 354 g/mol. The van der Waals surface area contributed by atoms with E-state index >= 15 is 0 Å². The van der Waals surface area contributed by atoms with Gasteiger partial charge in [0.1, 0.15) is 6.04 Å². The Kier molecular flexibility index (Phi) is 4.36. The molecule has 2 aromatic rings. The van der Waals surface area contributed by atoms with Crippen LogP contribution in [-0.2, 0) is 16.0 Å². The molecule has 3 heterocycles. The molecule has 2 aliphatic heterocycles. The number of likely N-dealkylation sites (tertiary alicyclic amines) is 1. The highest BCUT2D eigenvalue weighted by Crippen LogP contribution is 2.20. The van der Waals surface area contributed by atoms with Crippen molar-refractivity contribution in [2.24, 2.45) is 0 Å². The number of rotatable bonds is 5. The number of H-pyrrole nitrogens is 1. The molecule has 1 unspecified atom stereocenters. The van der Waals surface area contributed by atoms with Crippen molar-refractivity contribution in [2.75, 3.05) is 19.6 Å². The van der Waals surface area contributed by atoms with Crippen molar-refractivity contribution in [1.82, 2.24) is 20.1 Å². The third kappa shape index (κ3) is 3.05. The second kappa shape index (κ2) is 6.82. The highest BCUT2D eigenvalue weighted by atomic mass is 16.2. The summed E-state index contributed by atoms with van der Waals surface area (Å²) in [6, 6.07) is 6.79. The second-order valence-corrected chi connectivity index (χ2v) is 6.89. The molecule has 4 amide bonds. The molecule has 26 heavy (non-hydrogen) atoms. The molecule has 4 rings (SSSR count). The Morgan fingerprint density at radius 3 is 2.73 bits per heavy atom. The zero-order chi connectivity index (χ0) is 18.1. The van der Waals surface area contributed by atoms with Gasteiger partial charge in [0, 0.05) is 36.7 Å². The van der Waals surface area contributed by atoms with E-state index < -0.39 is 12.1 Å². The Morgan fingerprint density at radius 2 is 1.92 bits per heavy atom. The molecule has 1 atom stereocenters. The van der Waals surface area contributed by atoms with Crippen LogP contribution in [0.1, 0.15) is 24.8 Å². The van der Waals surface area contributed by atoms with Gasteiger partial charge in [0.2, 0.25) is 5.91 Å². The topological polar surface area (TPSA) is 85.5 Å². The van der Waals surface area contributed by atoms with E-state index in [-0.39, 0.29) is 18.2 Å². The molecule has 0 radical (unpaired) electrons. The fourth-order valence-corrected chi connectivity index (χ4v) is 3.77. The molecular weight excluding hydrogens is 332 g/mol. The molecule has 0 spiro atoms. The van der Waals surface area contributed by atoms with Crippen molar-refractivity contribution < 1.29 is 14.4 Å². The summed E-state index contributed by atoms with van der Waals surface area (Å²) in [5.74, 6) is -0.359. The van der Waals surface area contributed by atoms with Crippen LogP contribution in [0.2, 0.25) is 0 Å². The van der Waals surface area contributed by atoms with E-state index in [0.717, 1.165) is 42.4 Å². The van der Waals surface area contributed by atoms with Crippen LogP contribution < -0.4 is 5.32 Å². The summed E-state index contributed by atoms with van der Waals surface area (Å²) in [5, 5.41) is 3.76. The van der Waals surface area contributed by atoms with Crippen molar-refractivity contribution in [3.8, 4) is 0 Å². The highest BCUT2D eigenvalue weighted by molar-refractivity contribution is 6.05. The number of nitrogens with one attached hydrogen (secondary N) is 2. The molecule has 7 heteroatoms. The first-order valence-corrected chi connectivity index (χ1v) is 9.08. The van der Waals surface area contributed by atoms with Gasteiger partial charge in [0.05, 0.1) is 6.42 Å². The standard InChI is InChI=1S/C19H22N4O3/c24-17(22-8-3-4-9-22)11-16-18(25)23(19(26)21-16)10-7-13-12-20-15-6-2-1-5-14(13)15/h1-2,5-6,12,16,20H,3-4,7-11H2,(H,21,26). The maximum atomic E-state index is 12.6. The zero-order valence-electron chi connectivity index (χ0n) is 14.5. The maximum Gasteiger partial charge on any atom is 0.324 e. The number of imide groups is 1. The van der Waals surface area contributed by atoms with Gasteiger partial charge in [-0.1, -0.05) is 18.2 Å². The molecule has 2 fully saturated rings. The third-order valence-electron chi connectivity index (χ3n) is 5.22. The van der Waals surface area contributed by atoms with Gasteiger partial charge in [-0.2, -0.15) is 0 Å². The lowest BCUT2D eigenvalue weighted by atomic mass is 10.1. The number of aromatic amines is 1. The van der Waals surface area contributed by atoms with Crippen molar-refractivity contribution in [2.45, 2.75) is 31.7 Å². The molecule has 0 bridgehead atoms. The molecule has 7 nitrogen and oxygen atoms in total. The van der Waals surface area contributed by atoms with E-state index in [9.17, 15) is 14.4 Å². The number of amides is 4. The van der Waals surface area contributed by atoms with Crippen LogP contribution >= 0.6 is 0 Å². The SMILES string of the molecule is O=C(CC1NC(=O)N(CCc2c[nH]c3ccccc23)C1=O)N1CCCC1. The molecule has 0 saturated carbocycles. The largest absolute Gasteiger partial charge is 0.361 e. The summed E-state index contributed by atoms with van der Waals surface area (Å²) in [7, 11) is 0. The summed E-state index contributed by atoms with van der Waals surface area (Å²) >= 11 is 0. The van der Waals surface area contributed by atoms with Crippen LogP contribution in [0, 0.1) is 0 Å². The Balaban J connectivity index is 1.38. The second-order valence-electron chi connectivity index (χ2n) is 6.89. The summed E-state index contributed by atoms with van der Waals surface area (Å²) < 4.78 is 0. The number of carbonyl (C=O) groups excluding carboxylic acids is 3. The molecule has 1 aromatic carbocycles. The number of hydrogen-bond acceptors (Lipinski definition) is 3. The van der Waals surface area contributed by atoms with Gasteiger partial charge >= 0.3 is 6.03 Å². The van der Waals surface area contributed by atoms with E-state index in [4.69, 9.17) is 0 Å². The van der Waals surface area contributed by atoms with Gasteiger partial charge in [-0.05, 0) is 30.9 Å². The van der Waals surface area contributed by atoms with Crippen LogP contribution in [0.5, 0.6) is 0 Å². The number of nitrogens with zero attached hydrogens (tertiary/aromatic N) is 2. The number of fused-ring (bicyclic) bond motifs is 1. The summed E-state index contributed by atoms with van der Waals surface area (Å²) in [6.07, 6.45) is 4.56. The number of carbonyl (C=O) groups is 3. The van der Waals surface area contributed by atoms with E-state index in [1.54, 1.807) is 4.90 Å². The molecule has 2 aliphatic rings. The predicted molar refractivity (Wildman–Crippen MR) is 96.5 cm³/mol. The van der Waals surface area contributed by atoms with E-state index in [0.29, 0.717) is 13.0 Å². The van der Waals surface area contributed by atoms with E-state index in [1.807, 2.05) is 30.5 Å². The van der Waals surface area contributed by atoms with Gasteiger partial charge in [-0.25, -0.2) is 4.79 Å². The third-order valence-corrected chi connectivity index (χ3v) is 5.22. The van der Waals surface area contributed by atoms with E-state index in [2.05, 4.69) is 10.3 Å². The van der Waals surface area contributed by atoms with Crippen LogP contribution in [0.25, 0.3) is 10.9 Å². The minimum absolute atomic E-state index is 0.0498. The molecule has 0 aliphatic carbocycles. The lowest BCUT2D eigenvalue weighted by molar-refractivity contribution is -0.135. The average Bonchev–Trinajstić information content (AvgIpc) is 3.35. The first-order valence-electron chi connectivity index (χ1n) is 9.08. The smallest absolute Gasteiger partial charge is 0.324 e. The number of para-hydroxylation sites is 1. The first kappa shape index (κ1) is 16.6. The van der Waals surface area contributed by atoms with Crippen LogP contribution in [0.4, 0.5) is 4.79 Å². The predicted octanol–water partition coefficient (Wildman–Crippen LogP) is 1.64. The van der Waals surface area contributed by atoms with Crippen LogP contribution in [-0.4, -0.2) is 58.3 Å². The van der Waals surface area contributed by atoms with Crippen LogP contribution in [0.3, 0.4) is 0 Å². The van der Waals surface area contributed by atoms with Crippen LogP contribution in [0.15, 0.2) is 30.5 Å². The van der Waals surface area contributed by atoms with Gasteiger partial charge in [-0.3, -0.25) is 14.5 Å². The Hall–Kier alpha value is -2.83. The first-order chi connectivity index (χ1) is 12.6. The quantitative estimate of drug-likeness (QED) is 0.801. The summed E-state index contributed by atoms with van der Waals surface area (Å²) in [4.78, 5) is 43.2. The number of hydrogen-bond donors (Lipinski definition) is 2. The lowest BCUT2D eigenvalue weighted by Crippen LogP contribution is -2.38. The van der Waals surface area contributed by atoms with Gasteiger partial charge in [0.25, 0.3) is 5.91 Å². The van der Waals surface area contributed by atoms with Gasteiger partial charge < -0.3 is 15.2 Å². The number of aromatic nitrogens is 1. The van der Waals surface area contributed by atoms with Gasteiger partial charge in [-0.15, -0.1) is 0 Å². The normalized spacial score (nSPS) is 20.2. The minimum atomic E-state index is -0.737. The summed E-state index contributed by atoms with van der Waals surface area (Å²) in [6.45, 7) is 1.80. The van der Waals surface area contributed by atoms with E-state index in [1.165, 1.54) is 4.90 Å². The minimum Gasteiger partial charge on any atom is -0.361 e. The lowest BCUT2D eigenvalue weighted by Gasteiger charge is -2.17. The fraction of sp³-hybridized carbons (Fsp3) is 0.421. The monoisotopic (exact) mass is 354 g/mol. The molecular formula is C19H22N4O3. The molecule has 2 N–H and O–H groups in total. The summed E-state index contributed by atoms with van der Waals surface area (Å²) in [5.41, 5.74) is 2.10. The van der Waals surface area contributed by atoms with Crippen molar-refractivity contribution >= 4 is 28.7 Å². The number of urea groups is 1. The molecule has 2 saturated heterocycles. The van der Waals surface area contributed by atoms with Crippen molar-refractivity contribution in [3.63, 3.8) is 0 Å². The van der Waals surface area contributed by atoms with Crippen molar-refractivity contribution in [1.29, 1.82) is 0 Å². The Bertz CT molecular complexity index is 853. The molecule has 136 valence electrons. The Labute approximate surface area is 151 Å². The number of benzene rings is 1.